The van der Waals surface area contributed by atoms with Gasteiger partial charge in [0.2, 0.25) is 5.91 Å². The first kappa shape index (κ1) is 15.1. The quantitative estimate of drug-likeness (QED) is 0.467. The van der Waals surface area contributed by atoms with E-state index in [1.807, 2.05) is 18.7 Å². The van der Waals surface area contributed by atoms with Gasteiger partial charge < -0.3 is 0 Å². The van der Waals surface area contributed by atoms with Crippen LogP contribution < -0.4 is 4.90 Å². The number of nitro groups is 1. The Morgan fingerprint density at radius 3 is 2.48 bits per heavy atom. The van der Waals surface area contributed by atoms with Gasteiger partial charge in [-0.3, -0.25) is 24.6 Å². The van der Waals surface area contributed by atoms with E-state index in [9.17, 15) is 19.7 Å². The minimum absolute atomic E-state index is 0.0483. The van der Waals surface area contributed by atoms with E-state index in [4.69, 9.17) is 0 Å². The monoisotopic (exact) mass is 291 g/mol. The lowest BCUT2D eigenvalue weighted by molar-refractivity contribution is -0.384. The van der Waals surface area contributed by atoms with Gasteiger partial charge in [-0.1, -0.05) is 26.0 Å². The Morgan fingerprint density at radius 1 is 1.29 bits per heavy atom. The Hall–Kier alpha value is -2.28. The van der Waals surface area contributed by atoms with E-state index in [2.05, 4.69) is 0 Å². The van der Waals surface area contributed by atoms with Gasteiger partial charge in [0.1, 0.15) is 5.69 Å². The second kappa shape index (κ2) is 6.01. The number of nitro benzene ring substituents is 1. The second-order valence-corrected chi connectivity index (χ2v) is 4.75. The average Bonchev–Trinajstić information content (AvgIpc) is 2.75. The van der Waals surface area contributed by atoms with Crippen LogP contribution in [0.1, 0.15) is 20.3 Å². The van der Waals surface area contributed by atoms with Crippen molar-refractivity contribution in [2.24, 2.45) is 0 Å². The Morgan fingerprint density at radius 2 is 1.90 bits per heavy atom. The van der Waals surface area contributed by atoms with Crippen molar-refractivity contribution in [2.75, 3.05) is 18.0 Å². The molecule has 1 atom stereocenters. The van der Waals surface area contributed by atoms with Gasteiger partial charge in [0.25, 0.3) is 11.6 Å². The summed E-state index contributed by atoms with van der Waals surface area (Å²) in [7, 11) is 0. The summed E-state index contributed by atoms with van der Waals surface area (Å²) >= 11 is 0. The normalized spacial score (nSPS) is 18.6. The van der Waals surface area contributed by atoms with Crippen molar-refractivity contribution in [3.05, 3.63) is 34.4 Å². The summed E-state index contributed by atoms with van der Waals surface area (Å²) < 4.78 is 0. The van der Waals surface area contributed by atoms with Crippen molar-refractivity contribution in [1.82, 2.24) is 4.90 Å². The molecule has 0 radical (unpaired) electrons. The lowest BCUT2D eigenvalue weighted by atomic mass is 10.2. The number of amides is 2. The summed E-state index contributed by atoms with van der Waals surface area (Å²) in [5.41, 5.74) is -0.188. The molecule has 21 heavy (non-hydrogen) atoms. The first-order valence-electron chi connectivity index (χ1n) is 6.85. The van der Waals surface area contributed by atoms with Crippen molar-refractivity contribution in [3.8, 4) is 0 Å². The molecule has 0 N–H and O–H groups in total. The number of para-hydroxylation sites is 2. The van der Waals surface area contributed by atoms with Crippen LogP contribution in [0.25, 0.3) is 0 Å². The zero-order valence-electron chi connectivity index (χ0n) is 12.0. The first-order valence-corrected chi connectivity index (χ1v) is 6.85. The number of anilines is 1. The standard InChI is InChI=1S/C14H17N3O4/c1-3-15(4-2)12-9-13(18)16(14(12)19)10-7-5-6-8-11(10)17(20)21/h5-8,12H,3-4,9H2,1-2H3/t12-/m0/s1. The lowest BCUT2D eigenvalue weighted by Gasteiger charge is -2.24. The highest BCUT2D eigenvalue weighted by Gasteiger charge is 2.43. The van der Waals surface area contributed by atoms with E-state index in [-0.39, 0.29) is 17.8 Å². The zero-order chi connectivity index (χ0) is 15.6. The Bertz CT molecular complexity index is 583. The van der Waals surface area contributed by atoms with Crippen molar-refractivity contribution >= 4 is 23.2 Å². The predicted molar refractivity (Wildman–Crippen MR) is 76.9 cm³/mol. The highest BCUT2D eigenvalue weighted by molar-refractivity contribution is 6.23. The SMILES string of the molecule is CCN(CC)[C@H]1CC(=O)N(c2ccccc2[N+](=O)[O-])C1=O. The third kappa shape index (κ3) is 2.64. The fraction of sp³-hybridized carbons (Fsp3) is 0.429. The van der Waals surface area contributed by atoms with Gasteiger partial charge >= 0.3 is 0 Å². The largest absolute Gasteiger partial charge is 0.293 e. The van der Waals surface area contributed by atoms with E-state index < -0.39 is 22.8 Å². The minimum atomic E-state index is -0.583. The van der Waals surface area contributed by atoms with Crippen molar-refractivity contribution < 1.29 is 14.5 Å². The molecule has 7 heteroatoms. The van der Waals surface area contributed by atoms with Crippen molar-refractivity contribution in [3.63, 3.8) is 0 Å². The molecule has 1 saturated heterocycles. The maximum absolute atomic E-state index is 12.5. The molecular weight excluding hydrogens is 274 g/mol. The van der Waals surface area contributed by atoms with E-state index in [0.29, 0.717) is 13.1 Å². The molecule has 1 aliphatic heterocycles. The van der Waals surface area contributed by atoms with E-state index in [1.54, 1.807) is 6.07 Å². The number of hydrogen-bond donors (Lipinski definition) is 0. The van der Waals surface area contributed by atoms with Gasteiger partial charge in [-0.15, -0.1) is 0 Å². The number of rotatable bonds is 5. The third-order valence-electron chi connectivity index (χ3n) is 3.70. The molecule has 0 aliphatic carbocycles. The number of hydrogen-bond acceptors (Lipinski definition) is 5. The van der Waals surface area contributed by atoms with Gasteiger partial charge in [0, 0.05) is 6.07 Å². The first-order chi connectivity index (χ1) is 10.0. The van der Waals surface area contributed by atoms with E-state index in [1.165, 1.54) is 18.2 Å². The van der Waals surface area contributed by atoms with Crippen LogP contribution in [0.3, 0.4) is 0 Å². The molecule has 0 aromatic heterocycles. The van der Waals surface area contributed by atoms with E-state index >= 15 is 0 Å². The summed E-state index contributed by atoms with van der Waals surface area (Å²) in [6.45, 7) is 5.11. The molecule has 1 aromatic carbocycles. The maximum Gasteiger partial charge on any atom is 0.293 e. The number of nitrogens with zero attached hydrogens (tertiary/aromatic N) is 3. The van der Waals surface area contributed by atoms with Crippen LogP contribution in [0.5, 0.6) is 0 Å². The van der Waals surface area contributed by atoms with E-state index in [0.717, 1.165) is 4.90 Å². The summed E-state index contributed by atoms with van der Waals surface area (Å²) in [4.78, 5) is 38.0. The summed E-state index contributed by atoms with van der Waals surface area (Å²) in [5, 5.41) is 11.1. The van der Waals surface area contributed by atoms with Gasteiger partial charge in [0.15, 0.2) is 0 Å². The highest BCUT2D eigenvalue weighted by atomic mass is 16.6. The van der Waals surface area contributed by atoms with Crippen molar-refractivity contribution in [1.29, 1.82) is 0 Å². The number of carbonyl (C=O) groups excluding carboxylic acids is 2. The molecule has 0 bridgehead atoms. The number of benzene rings is 1. The van der Waals surface area contributed by atoms with Gasteiger partial charge in [-0.05, 0) is 19.2 Å². The van der Waals surface area contributed by atoms with Crippen LogP contribution in [0.2, 0.25) is 0 Å². The zero-order valence-corrected chi connectivity index (χ0v) is 12.0. The van der Waals surface area contributed by atoms with Crippen LogP contribution in [0.15, 0.2) is 24.3 Å². The van der Waals surface area contributed by atoms with Gasteiger partial charge in [0.05, 0.1) is 17.4 Å². The molecule has 1 heterocycles. The number of likely N-dealkylation sites (N-methyl/N-ethyl adjacent to an activating group) is 1. The van der Waals surface area contributed by atoms with Gasteiger partial charge in [-0.2, -0.15) is 0 Å². The van der Waals surface area contributed by atoms with Gasteiger partial charge in [-0.25, -0.2) is 4.90 Å². The molecule has 2 amide bonds. The van der Waals surface area contributed by atoms with Crippen LogP contribution in [0, 0.1) is 10.1 Å². The fourth-order valence-corrected chi connectivity index (χ4v) is 2.63. The molecule has 1 fully saturated rings. The van der Waals surface area contributed by atoms with Crippen LogP contribution in [-0.4, -0.2) is 40.8 Å². The molecule has 2 rings (SSSR count). The number of carbonyl (C=O) groups is 2. The summed E-state index contributed by atoms with van der Waals surface area (Å²) in [5.74, 6) is -0.788. The second-order valence-electron chi connectivity index (χ2n) is 4.75. The Balaban J connectivity index is 2.40. The predicted octanol–water partition coefficient (Wildman–Crippen LogP) is 1.57. The molecule has 0 saturated carbocycles. The van der Waals surface area contributed by atoms with Crippen LogP contribution >= 0.6 is 0 Å². The minimum Gasteiger partial charge on any atom is -0.292 e. The molecule has 0 spiro atoms. The lowest BCUT2D eigenvalue weighted by Crippen LogP contribution is -2.42. The topological polar surface area (TPSA) is 83.8 Å². The third-order valence-corrected chi connectivity index (χ3v) is 3.70. The molecule has 1 aliphatic rings. The fourth-order valence-electron chi connectivity index (χ4n) is 2.63. The smallest absolute Gasteiger partial charge is 0.292 e. The molecule has 1 aromatic rings. The Labute approximate surface area is 122 Å². The maximum atomic E-state index is 12.5. The highest BCUT2D eigenvalue weighted by Crippen LogP contribution is 2.32. The van der Waals surface area contributed by atoms with Crippen LogP contribution in [-0.2, 0) is 9.59 Å². The molecular formula is C14H17N3O4. The molecule has 7 nitrogen and oxygen atoms in total. The molecule has 0 unspecified atom stereocenters. The number of imide groups is 1. The summed E-state index contributed by atoms with van der Waals surface area (Å²) in [6, 6.07) is 5.27. The average molecular weight is 291 g/mol. The van der Waals surface area contributed by atoms with Crippen LogP contribution in [0.4, 0.5) is 11.4 Å². The molecule has 112 valence electrons. The van der Waals surface area contributed by atoms with Crippen molar-refractivity contribution in [2.45, 2.75) is 26.3 Å². The summed E-state index contributed by atoms with van der Waals surface area (Å²) in [6.07, 6.45) is 0.0621. The Kier molecular flexibility index (Phi) is 4.32.